The normalized spacial score (nSPS) is 9.19. The zero-order valence-electron chi connectivity index (χ0n) is 9.11. The van der Waals surface area contributed by atoms with Gasteiger partial charge in [-0.2, -0.15) is 0 Å². The number of rotatable bonds is 6. The Hall–Kier alpha value is -1.95. The summed E-state index contributed by atoms with van der Waals surface area (Å²) in [6.07, 6.45) is 6.14. The number of carbonyl (C=O) groups is 1. The third-order valence-electron chi connectivity index (χ3n) is 1.95. The van der Waals surface area contributed by atoms with Crippen LogP contribution in [0.5, 0.6) is 5.75 Å². The highest BCUT2D eigenvalue weighted by Crippen LogP contribution is 2.08. The van der Waals surface area contributed by atoms with Gasteiger partial charge in [0, 0.05) is 6.42 Å². The van der Waals surface area contributed by atoms with E-state index in [1.54, 1.807) is 0 Å². The summed E-state index contributed by atoms with van der Waals surface area (Å²) in [6, 6.07) is 9.53. The van der Waals surface area contributed by atoms with Crippen LogP contribution in [0.3, 0.4) is 0 Å². The number of terminal acetylenes is 1. The van der Waals surface area contributed by atoms with E-state index in [-0.39, 0.29) is 5.91 Å². The monoisotopic (exact) mass is 217 g/mol. The molecule has 0 radical (unpaired) electrons. The van der Waals surface area contributed by atoms with Gasteiger partial charge in [-0.3, -0.25) is 4.79 Å². The van der Waals surface area contributed by atoms with Gasteiger partial charge in [0.25, 0.3) is 0 Å². The van der Waals surface area contributed by atoms with Crippen molar-refractivity contribution in [1.29, 1.82) is 0 Å². The second-order valence-corrected chi connectivity index (χ2v) is 3.25. The van der Waals surface area contributed by atoms with Crippen molar-refractivity contribution in [3.05, 3.63) is 30.3 Å². The molecule has 0 bridgehead atoms. The van der Waals surface area contributed by atoms with E-state index in [9.17, 15) is 4.79 Å². The maximum atomic E-state index is 11.2. The van der Waals surface area contributed by atoms with Crippen LogP contribution in [0.25, 0.3) is 0 Å². The second kappa shape index (κ2) is 7.36. The smallest absolute Gasteiger partial charge is 0.220 e. The van der Waals surface area contributed by atoms with Crippen molar-refractivity contribution in [2.45, 2.75) is 12.8 Å². The van der Waals surface area contributed by atoms with E-state index in [4.69, 9.17) is 11.2 Å². The first-order valence-corrected chi connectivity index (χ1v) is 5.21. The van der Waals surface area contributed by atoms with Gasteiger partial charge in [-0.15, -0.1) is 6.42 Å². The first-order valence-electron chi connectivity index (χ1n) is 5.21. The van der Waals surface area contributed by atoms with Gasteiger partial charge in [0.05, 0.1) is 13.2 Å². The molecule has 1 amide bonds. The third-order valence-corrected chi connectivity index (χ3v) is 1.95. The summed E-state index contributed by atoms with van der Waals surface area (Å²) in [5.41, 5.74) is 0. The second-order valence-electron chi connectivity index (χ2n) is 3.25. The van der Waals surface area contributed by atoms with Gasteiger partial charge in [0.1, 0.15) is 5.75 Å². The molecule has 1 rings (SSSR count). The van der Waals surface area contributed by atoms with Crippen LogP contribution in [0.15, 0.2) is 30.3 Å². The van der Waals surface area contributed by atoms with Crippen LogP contribution < -0.4 is 10.1 Å². The molecule has 0 aliphatic rings. The number of nitrogens with one attached hydrogen (secondary N) is 1. The van der Waals surface area contributed by atoms with E-state index in [0.717, 1.165) is 5.75 Å². The van der Waals surface area contributed by atoms with E-state index in [1.165, 1.54) is 0 Å². The lowest BCUT2D eigenvalue weighted by molar-refractivity contribution is -0.121. The van der Waals surface area contributed by atoms with Gasteiger partial charge in [0.15, 0.2) is 0 Å². The maximum Gasteiger partial charge on any atom is 0.220 e. The highest BCUT2D eigenvalue weighted by Gasteiger charge is 1.99. The fourth-order valence-corrected chi connectivity index (χ4v) is 1.18. The highest BCUT2D eigenvalue weighted by atomic mass is 16.5. The van der Waals surface area contributed by atoms with Crippen molar-refractivity contribution in [2.75, 3.05) is 13.2 Å². The fraction of sp³-hybridized carbons (Fsp3) is 0.308. The molecule has 0 saturated carbocycles. The van der Waals surface area contributed by atoms with E-state index in [2.05, 4.69) is 11.2 Å². The zero-order valence-corrected chi connectivity index (χ0v) is 9.11. The zero-order chi connectivity index (χ0) is 11.6. The molecule has 3 nitrogen and oxygen atoms in total. The number of hydrogen-bond donors (Lipinski definition) is 1. The number of hydrogen-bond acceptors (Lipinski definition) is 2. The topological polar surface area (TPSA) is 38.3 Å². The van der Waals surface area contributed by atoms with Crippen molar-refractivity contribution < 1.29 is 9.53 Å². The van der Waals surface area contributed by atoms with Crippen LogP contribution in [0.4, 0.5) is 0 Å². The Morgan fingerprint density at radius 2 is 2.12 bits per heavy atom. The molecule has 0 spiro atoms. The Morgan fingerprint density at radius 3 is 2.81 bits per heavy atom. The summed E-state index contributed by atoms with van der Waals surface area (Å²) in [4.78, 5) is 11.2. The molecular formula is C13H15NO2. The highest BCUT2D eigenvalue weighted by molar-refractivity contribution is 5.76. The van der Waals surface area contributed by atoms with Crippen LogP contribution >= 0.6 is 0 Å². The Kier molecular flexibility index (Phi) is 5.57. The number of benzene rings is 1. The van der Waals surface area contributed by atoms with E-state index < -0.39 is 0 Å². The Morgan fingerprint density at radius 1 is 1.38 bits per heavy atom. The number of para-hydroxylation sites is 1. The van der Waals surface area contributed by atoms with E-state index in [0.29, 0.717) is 26.0 Å². The SMILES string of the molecule is C#CCNC(=O)CCCOc1ccccc1. The molecule has 0 aliphatic heterocycles. The Bertz CT molecular complexity index is 354. The van der Waals surface area contributed by atoms with Crippen molar-refractivity contribution in [3.8, 4) is 18.1 Å². The fourth-order valence-electron chi connectivity index (χ4n) is 1.18. The van der Waals surface area contributed by atoms with E-state index >= 15 is 0 Å². The molecular weight excluding hydrogens is 202 g/mol. The lowest BCUT2D eigenvalue weighted by atomic mass is 10.3. The lowest BCUT2D eigenvalue weighted by Crippen LogP contribution is -2.23. The minimum atomic E-state index is -0.0328. The van der Waals surface area contributed by atoms with Crippen LogP contribution in [0, 0.1) is 12.3 Å². The largest absolute Gasteiger partial charge is 0.494 e. The Balaban J connectivity index is 2.08. The summed E-state index contributed by atoms with van der Waals surface area (Å²) in [5, 5.41) is 2.60. The maximum absolute atomic E-state index is 11.2. The Labute approximate surface area is 95.8 Å². The number of carbonyl (C=O) groups excluding carboxylic acids is 1. The quantitative estimate of drug-likeness (QED) is 0.580. The standard InChI is InChI=1S/C13H15NO2/c1-2-10-14-13(15)9-6-11-16-12-7-4-3-5-8-12/h1,3-5,7-8H,6,9-11H2,(H,14,15). The molecule has 84 valence electrons. The molecule has 0 aliphatic carbocycles. The van der Waals surface area contributed by atoms with Crippen molar-refractivity contribution in [3.63, 3.8) is 0 Å². The molecule has 0 fully saturated rings. The molecule has 0 saturated heterocycles. The van der Waals surface area contributed by atoms with Crippen LogP contribution in [-0.4, -0.2) is 19.1 Å². The minimum absolute atomic E-state index is 0.0328. The average Bonchev–Trinajstić information content (AvgIpc) is 2.33. The third kappa shape index (κ3) is 5.06. The van der Waals surface area contributed by atoms with Gasteiger partial charge in [0.2, 0.25) is 5.91 Å². The molecule has 16 heavy (non-hydrogen) atoms. The first kappa shape index (κ1) is 12.1. The lowest BCUT2D eigenvalue weighted by Gasteiger charge is -2.05. The summed E-state index contributed by atoms with van der Waals surface area (Å²) >= 11 is 0. The van der Waals surface area contributed by atoms with Crippen molar-refractivity contribution in [2.24, 2.45) is 0 Å². The summed E-state index contributed by atoms with van der Waals surface area (Å²) in [5.74, 6) is 3.14. The van der Waals surface area contributed by atoms with Gasteiger partial charge >= 0.3 is 0 Å². The predicted molar refractivity (Wildman–Crippen MR) is 63.0 cm³/mol. The number of amides is 1. The predicted octanol–water partition coefficient (Wildman–Crippen LogP) is 1.60. The summed E-state index contributed by atoms with van der Waals surface area (Å²) in [7, 11) is 0. The minimum Gasteiger partial charge on any atom is -0.494 e. The van der Waals surface area contributed by atoms with Crippen molar-refractivity contribution >= 4 is 5.91 Å². The average molecular weight is 217 g/mol. The molecule has 0 heterocycles. The van der Waals surface area contributed by atoms with Gasteiger partial charge in [-0.05, 0) is 18.6 Å². The van der Waals surface area contributed by atoms with Crippen LogP contribution in [-0.2, 0) is 4.79 Å². The van der Waals surface area contributed by atoms with Gasteiger partial charge in [-0.25, -0.2) is 0 Å². The summed E-state index contributed by atoms with van der Waals surface area (Å²) < 4.78 is 5.44. The van der Waals surface area contributed by atoms with Crippen molar-refractivity contribution in [1.82, 2.24) is 5.32 Å². The number of ether oxygens (including phenoxy) is 1. The van der Waals surface area contributed by atoms with Crippen LogP contribution in [0.2, 0.25) is 0 Å². The summed E-state index contributed by atoms with van der Waals surface area (Å²) in [6.45, 7) is 0.825. The molecule has 3 heteroatoms. The van der Waals surface area contributed by atoms with E-state index in [1.807, 2.05) is 30.3 Å². The molecule has 0 atom stereocenters. The van der Waals surface area contributed by atoms with Gasteiger partial charge < -0.3 is 10.1 Å². The molecule has 1 aromatic rings. The molecule has 0 aromatic heterocycles. The molecule has 0 unspecified atom stereocenters. The molecule has 1 aromatic carbocycles. The van der Waals surface area contributed by atoms with Gasteiger partial charge in [-0.1, -0.05) is 24.1 Å². The van der Waals surface area contributed by atoms with Crippen LogP contribution in [0.1, 0.15) is 12.8 Å². The molecule has 1 N–H and O–H groups in total. The first-order chi connectivity index (χ1) is 7.83.